The zero-order chi connectivity index (χ0) is 17.9. The van der Waals surface area contributed by atoms with E-state index in [1.807, 2.05) is 29.2 Å². The van der Waals surface area contributed by atoms with Gasteiger partial charge in [0.2, 0.25) is 15.9 Å². The molecule has 1 N–H and O–H groups in total. The number of sulfonamides is 1. The summed E-state index contributed by atoms with van der Waals surface area (Å²) in [6.07, 6.45) is 0.987. The molecule has 0 aliphatic carbocycles. The number of carbonyl (C=O) groups excluding carboxylic acids is 1. The van der Waals surface area contributed by atoms with Crippen molar-refractivity contribution < 1.29 is 22.7 Å². The van der Waals surface area contributed by atoms with E-state index < -0.39 is 10.0 Å². The number of nitrogens with zero attached hydrogens (tertiary/aromatic N) is 2. The predicted octanol–water partition coefficient (Wildman–Crippen LogP) is -0.480. The molecule has 1 aromatic carbocycles. The number of piperazine rings is 1. The molecule has 8 nitrogen and oxygen atoms in total. The molecular weight excluding hydrogens is 346 g/mol. The van der Waals surface area contributed by atoms with Crippen molar-refractivity contribution in [3.8, 4) is 11.5 Å². The largest absolute Gasteiger partial charge is 0.486 e. The summed E-state index contributed by atoms with van der Waals surface area (Å²) in [6.45, 7) is 2.96. The third-order valence-corrected chi connectivity index (χ3v) is 5.57. The van der Waals surface area contributed by atoms with Gasteiger partial charge >= 0.3 is 0 Å². The van der Waals surface area contributed by atoms with E-state index in [2.05, 4.69) is 5.32 Å². The van der Waals surface area contributed by atoms with Gasteiger partial charge in [0, 0.05) is 26.2 Å². The lowest BCUT2D eigenvalue weighted by atomic mass is 10.2. The maximum atomic E-state index is 12.1. The highest BCUT2D eigenvalue weighted by atomic mass is 32.2. The van der Waals surface area contributed by atoms with Crippen LogP contribution in [0.2, 0.25) is 0 Å². The third-order valence-electron chi connectivity index (χ3n) is 4.26. The van der Waals surface area contributed by atoms with Crippen LogP contribution in [0.5, 0.6) is 11.5 Å². The monoisotopic (exact) mass is 369 g/mol. The Morgan fingerprint density at radius 2 is 1.88 bits per heavy atom. The van der Waals surface area contributed by atoms with Gasteiger partial charge in [0.25, 0.3) is 0 Å². The van der Waals surface area contributed by atoms with Crippen molar-refractivity contribution in [2.24, 2.45) is 0 Å². The summed E-state index contributed by atoms with van der Waals surface area (Å²) in [6, 6.07) is 7.44. The smallest absolute Gasteiger partial charge is 0.234 e. The zero-order valence-corrected chi connectivity index (χ0v) is 15.0. The number of carbonyl (C=O) groups is 1. The van der Waals surface area contributed by atoms with Crippen molar-refractivity contribution in [1.82, 2.24) is 14.5 Å². The summed E-state index contributed by atoms with van der Waals surface area (Å²) in [5, 5.41) is 2.85. The Bertz CT molecular complexity index is 716. The van der Waals surface area contributed by atoms with Gasteiger partial charge < -0.3 is 14.8 Å². The number of nitrogens with one attached hydrogen (secondary N) is 1. The van der Waals surface area contributed by atoms with Crippen LogP contribution in [0.4, 0.5) is 0 Å². The molecular formula is C16H23N3O5S. The van der Waals surface area contributed by atoms with Gasteiger partial charge in [-0.3, -0.25) is 9.69 Å². The van der Waals surface area contributed by atoms with Crippen molar-refractivity contribution in [1.29, 1.82) is 0 Å². The lowest BCUT2D eigenvalue weighted by molar-refractivity contribution is -0.123. The van der Waals surface area contributed by atoms with Gasteiger partial charge in [-0.25, -0.2) is 8.42 Å². The van der Waals surface area contributed by atoms with E-state index >= 15 is 0 Å². The van der Waals surface area contributed by atoms with Gasteiger partial charge in [0.1, 0.15) is 12.7 Å². The normalized spacial score (nSPS) is 21.7. The van der Waals surface area contributed by atoms with Crippen LogP contribution in [-0.4, -0.2) is 81.8 Å². The van der Waals surface area contributed by atoms with Gasteiger partial charge in [0.05, 0.1) is 19.3 Å². The molecule has 9 heteroatoms. The van der Waals surface area contributed by atoms with Crippen LogP contribution in [0.3, 0.4) is 0 Å². The quantitative estimate of drug-likeness (QED) is 0.754. The predicted molar refractivity (Wildman–Crippen MR) is 92.2 cm³/mol. The van der Waals surface area contributed by atoms with E-state index in [1.54, 1.807) is 0 Å². The fraction of sp³-hybridized carbons (Fsp3) is 0.562. The van der Waals surface area contributed by atoms with Crippen molar-refractivity contribution in [3.05, 3.63) is 24.3 Å². The minimum Gasteiger partial charge on any atom is -0.486 e. The van der Waals surface area contributed by atoms with E-state index in [-0.39, 0.29) is 18.6 Å². The topological polar surface area (TPSA) is 88.2 Å². The van der Waals surface area contributed by atoms with Crippen LogP contribution in [-0.2, 0) is 14.8 Å². The first kappa shape index (κ1) is 18.0. The average Bonchev–Trinajstić information content (AvgIpc) is 2.59. The maximum Gasteiger partial charge on any atom is 0.234 e. The van der Waals surface area contributed by atoms with Crippen LogP contribution >= 0.6 is 0 Å². The Balaban J connectivity index is 1.39. The fourth-order valence-electron chi connectivity index (χ4n) is 2.87. The molecule has 1 atom stereocenters. The maximum absolute atomic E-state index is 12.1. The van der Waals surface area contributed by atoms with E-state index in [1.165, 1.54) is 10.6 Å². The minimum atomic E-state index is -3.15. The van der Waals surface area contributed by atoms with Crippen molar-refractivity contribution in [2.75, 3.05) is 52.1 Å². The zero-order valence-electron chi connectivity index (χ0n) is 14.2. The van der Waals surface area contributed by atoms with Gasteiger partial charge in [-0.1, -0.05) is 12.1 Å². The number of para-hydroxylation sites is 2. The molecule has 138 valence electrons. The third kappa shape index (κ3) is 4.83. The number of benzene rings is 1. The Kier molecular flexibility index (Phi) is 5.45. The van der Waals surface area contributed by atoms with Gasteiger partial charge in [-0.15, -0.1) is 0 Å². The first-order chi connectivity index (χ1) is 11.9. The highest BCUT2D eigenvalue weighted by Gasteiger charge is 2.25. The highest BCUT2D eigenvalue weighted by molar-refractivity contribution is 7.88. The SMILES string of the molecule is CS(=O)(=O)N1CCN(CC(=O)NC[C@H]2COc3ccccc3O2)CC1. The summed E-state index contributed by atoms with van der Waals surface area (Å²) in [7, 11) is -3.15. The van der Waals surface area contributed by atoms with Crippen LogP contribution in [0.25, 0.3) is 0 Å². The molecule has 2 heterocycles. The lowest BCUT2D eigenvalue weighted by Crippen LogP contribution is -2.51. The molecule has 25 heavy (non-hydrogen) atoms. The molecule has 0 aromatic heterocycles. The van der Waals surface area contributed by atoms with E-state index in [0.29, 0.717) is 50.8 Å². The van der Waals surface area contributed by atoms with Crippen molar-refractivity contribution in [2.45, 2.75) is 6.10 Å². The molecule has 2 aliphatic heterocycles. The molecule has 1 aromatic rings. The van der Waals surface area contributed by atoms with Crippen LogP contribution in [0.15, 0.2) is 24.3 Å². The molecule has 0 saturated carbocycles. The second kappa shape index (κ2) is 7.59. The summed E-state index contributed by atoms with van der Waals surface area (Å²) in [5.74, 6) is 1.30. The van der Waals surface area contributed by atoms with Crippen LogP contribution < -0.4 is 14.8 Å². The summed E-state index contributed by atoms with van der Waals surface area (Å²) in [5.41, 5.74) is 0. The summed E-state index contributed by atoms with van der Waals surface area (Å²) in [4.78, 5) is 14.0. The lowest BCUT2D eigenvalue weighted by Gasteiger charge is -2.33. The fourth-order valence-corrected chi connectivity index (χ4v) is 3.70. The van der Waals surface area contributed by atoms with E-state index in [4.69, 9.17) is 9.47 Å². The summed E-state index contributed by atoms with van der Waals surface area (Å²) >= 11 is 0. The average molecular weight is 369 g/mol. The standard InChI is InChI=1S/C16H23N3O5S/c1-25(21,22)19-8-6-18(7-9-19)11-16(20)17-10-13-12-23-14-4-2-3-5-15(14)24-13/h2-5,13H,6-12H2,1H3,(H,17,20)/t13-/m0/s1. The molecule has 1 fully saturated rings. The first-order valence-corrected chi connectivity index (χ1v) is 10.1. The highest BCUT2D eigenvalue weighted by Crippen LogP contribution is 2.30. The first-order valence-electron chi connectivity index (χ1n) is 8.24. The molecule has 3 rings (SSSR count). The van der Waals surface area contributed by atoms with Crippen molar-refractivity contribution in [3.63, 3.8) is 0 Å². The van der Waals surface area contributed by atoms with Crippen LogP contribution in [0.1, 0.15) is 0 Å². The molecule has 0 unspecified atom stereocenters. The minimum absolute atomic E-state index is 0.102. The molecule has 0 radical (unpaired) electrons. The number of rotatable bonds is 5. The Labute approximate surface area is 147 Å². The van der Waals surface area contributed by atoms with Gasteiger partial charge in [-0.05, 0) is 12.1 Å². The number of amides is 1. The molecule has 1 amide bonds. The number of hydrogen-bond donors (Lipinski definition) is 1. The van der Waals surface area contributed by atoms with E-state index in [0.717, 1.165) is 0 Å². The number of hydrogen-bond acceptors (Lipinski definition) is 6. The van der Waals surface area contributed by atoms with Crippen LogP contribution in [0, 0.1) is 0 Å². The number of fused-ring (bicyclic) bond motifs is 1. The molecule has 0 spiro atoms. The Hall–Kier alpha value is -1.84. The Morgan fingerprint density at radius 1 is 1.20 bits per heavy atom. The second-order valence-corrected chi connectivity index (χ2v) is 8.22. The molecule has 1 saturated heterocycles. The Morgan fingerprint density at radius 3 is 2.56 bits per heavy atom. The summed E-state index contributed by atoms with van der Waals surface area (Å²) < 4.78 is 35.8. The van der Waals surface area contributed by atoms with E-state index in [9.17, 15) is 13.2 Å². The molecule has 2 aliphatic rings. The van der Waals surface area contributed by atoms with Crippen molar-refractivity contribution >= 4 is 15.9 Å². The van der Waals surface area contributed by atoms with Gasteiger partial charge in [0.15, 0.2) is 11.5 Å². The number of ether oxygens (including phenoxy) is 2. The molecule has 0 bridgehead atoms. The van der Waals surface area contributed by atoms with Gasteiger partial charge in [-0.2, -0.15) is 4.31 Å². The second-order valence-electron chi connectivity index (χ2n) is 6.24.